The van der Waals surface area contributed by atoms with Gasteiger partial charge in [-0.3, -0.25) is 5.10 Å². The second kappa shape index (κ2) is 6.02. The summed E-state index contributed by atoms with van der Waals surface area (Å²) in [5.74, 6) is 0. The highest BCUT2D eigenvalue weighted by Crippen LogP contribution is 2.22. The lowest BCUT2D eigenvalue weighted by molar-refractivity contribution is 0.546. The number of rotatable bonds is 6. The van der Waals surface area contributed by atoms with Gasteiger partial charge in [0, 0.05) is 23.8 Å². The van der Waals surface area contributed by atoms with Gasteiger partial charge in [0.1, 0.15) is 0 Å². The summed E-state index contributed by atoms with van der Waals surface area (Å²) in [6.07, 6.45) is 4.03. The summed E-state index contributed by atoms with van der Waals surface area (Å²) >= 11 is 0. The van der Waals surface area contributed by atoms with Gasteiger partial charge in [-0.2, -0.15) is 5.10 Å². The molecular formula is C12H22N4O2S. The van der Waals surface area contributed by atoms with Crippen molar-refractivity contribution in [2.24, 2.45) is 0 Å². The topological polar surface area (TPSA) is 86.9 Å². The Kier molecular flexibility index (Phi) is 4.59. The number of H-pyrrole nitrogens is 1. The van der Waals surface area contributed by atoms with E-state index in [1.807, 2.05) is 13.8 Å². The molecule has 0 spiro atoms. The first-order valence-electron chi connectivity index (χ1n) is 6.81. The Morgan fingerprint density at radius 3 is 2.68 bits per heavy atom. The first kappa shape index (κ1) is 14.5. The summed E-state index contributed by atoms with van der Waals surface area (Å²) in [5.41, 5.74) is 1.53. The Balaban J connectivity index is 2.19. The van der Waals surface area contributed by atoms with Crippen LogP contribution in [0.3, 0.4) is 0 Å². The van der Waals surface area contributed by atoms with E-state index in [1.165, 1.54) is 0 Å². The van der Waals surface area contributed by atoms with Crippen LogP contribution in [-0.4, -0.2) is 31.2 Å². The first-order valence-corrected chi connectivity index (χ1v) is 8.29. The van der Waals surface area contributed by atoms with E-state index in [0.717, 1.165) is 43.5 Å². The van der Waals surface area contributed by atoms with E-state index in [9.17, 15) is 8.42 Å². The van der Waals surface area contributed by atoms with Gasteiger partial charge >= 0.3 is 0 Å². The second-order valence-electron chi connectivity index (χ2n) is 5.02. The molecule has 1 saturated carbocycles. The zero-order valence-corrected chi connectivity index (χ0v) is 12.3. The van der Waals surface area contributed by atoms with Gasteiger partial charge in [0.05, 0.1) is 0 Å². The molecule has 1 aliphatic carbocycles. The summed E-state index contributed by atoms with van der Waals surface area (Å²) in [4.78, 5) is 0. The quantitative estimate of drug-likeness (QED) is 0.729. The molecule has 0 radical (unpaired) electrons. The van der Waals surface area contributed by atoms with Crippen molar-refractivity contribution in [3.63, 3.8) is 0 Å². The van der Waals surface area contributed by atoms with Gasteiger partial charge in [-0.25, -0.2) is 13.1 Å². The standard InChI is InChI=1S/C12H22N4O2S/c1-3-13-8-11-9(2)14-15-12(11)19(17,18)16-10-6-4-5-7-10/h10,13,16H,3-8H2,1-2H3,(H,14,15). The van der Waals surface area contributed by atoms with E-state index >= 15 is 0 Å². The maximum absolute atomic E-state index is 12.4. The molecule has 0 amide bonds. The lowest BCUT2D eigenvalue weighted by Gasteiger charge is -2.12. The monoisotopic (exact) mass is 286 g/mol. The van der Waals surface area contributed by atoms with E-state index < -0.39 is 10.0 Å². The number of aromatic amines is 1. The van der Waals surface area contributed by atoms with E-state index in [1.54, 1.807) is 0 Å². The molecule has 7 heteroatoms. The fourth-order valence-corrected chi connectivity index (χ4v) is 3.93. The maximum atomic E-state index is 12.4. The molecule has 0 aromatic carbocycles. The highest BCUT2D eigenvalue weighted by Gasteiger charge is 2.27. The Labute approximate surface area is 114 Å². The van der Waals surface area contributed by atoms with Crippen LogP contribution in [0, 0.1) is 6.92 Å². The van der Waals surface area contributed by atoms with E-state index in [4.69, 9.17) is 0 Å². The van der Waals surface area contributed by atoms with Crippen molar-refractivity contribution in [2.45, 2.75) is 57.1 Å². The van der Waals surface area contributed by atoms with Crippen LogP contribution in [0.15, 0.2) is 5.03 Å². The van der Waals surface area contributed by atoms with Crippen LogP contribution in [0.4, 0.5) is 0 Å². The highest BCUT2D eigenvalue weighted by atomic mass is 32.2. The molecule has 108 valence electrons. The number of nitrogens with one attached hydrogen (secondary N) is 3. The molecule has 1 fully saturated rings. The second-order valence-corrected chi connectivity index (χ2v) is 6.64. The molecule has 3 N–H and O–H groups in total. The van der Waals surface area contributed by atoms with Crippen molar-refractivity contribution in [3.8, 4) is 0 Å². The molecule has 0 atom stereocenters. The first-order chi connectivity index (χ1) is 9.04. The summed E-state index contributed by atoms with van der Waals surface area (Å²) < 4.78 is 27.5. The summed E-state index contributed by atoms with van der Waals surface area (Å²) in [7, 11) is -3.52. The minimum Gasteiger partial charge on any atom is -0.313 e. The van der Waals surface area contributed by atoms with Gasteiger partial charge in [-0.05, 0) is 26.3 Å². The van der Waals surface area contributed by atoms with Crippen molar-refractivity contribution in [1.82, 2.24) is 20.2 Å². The Hall–Kier alpha value is -0.920. The molecule has 0 bridgehead atoms. The van der Waals surface area contributed by atoms with Crippen molar-refractivity contribution in [2.75, 3.05) is 6.54 Å². The van der Waals surface area contributed by atoms with Gasteiger partial charge in [-0.15, -0.1) is 0 Å². The van der Waals surface area contributed by atoms with Crippen LogP contribution in [-0.2, 0) is 16.6 Å². The van der Waals surface area contributed by atoms with Crippen LogP contribution in [0.25, 0.3) is 0 Å². The predicted molar refractivity (Wildman–Crippen MR) is 73.3 cm³/mol. The van der Waals surface area contributed by atoms with Gasteiger partial charge in [0.2, 0.25) is 0 Å². The molecule has 1 aromatic rings. The lowest BCUT2D eigenvalue weighted by Crippen LogP contribution is -2.33. The van der Waals surface area contributed by atoms with Crippen molar-refractivity contribution >= 4 is 10.0 Å². The summed E-state index contributed by atoms with van der Waals surface area (Å²) in [6.45, 7) is 5.13. The largest absolute Gasteiger partial charge is 0.313 e. The Bertz CT molecular complexity index is 518. The van der Waals surface area contributed by atoms with E-state index in [-0.39, 0.29) is 11.1 Å². The molecule has 1 heterocycles. The number of aromatic nitrogens is 2. The smallest absolute Gasteiger partial charge is 0.260 e. The lowest BCUT2D eigenvalue weighted by atomic mass is 10.2. The van der Waals surface area contributed by atoms with Crippen molar-refractivity contribution < 1.29 is 8.42 Å². The number of hydrogen-bond acceptors (Lipinski definition) is 4. The number of hydrogen-bond donors (Lipinski definition) is 3. The molecule has 1 aliphatic rings. The SMILES string of the molecule is CCNCc1c(S(=O)(=O)NC2CCCC2)n[nH]c1C. The number of sulfonamides is 1. The van der Waals surface area contributed by atoms with Gasteiger partial charge in [0.25, 0.3) is 10.0 Å². The van der Waals surface area contributed by atoms with E-state index in [2.05, 4.69) is 20.2 Å². The summed E-state index contributed by atoms with van der Waals surface area (Å²) in [5, 5.41) is 10.0. The number of nitrogens with zero attached hydrogens (tertiary/aromatic N) is 1. The van der Waals surface area contributed by atoms with Gasteiger partial charge in [-0.1, -0.05) is 19.8 Å². The van der Waals surface area contributed by atoms with Crippen LogP contribution in [0.1, 0.15) is 43.9 Å². The fraction of sp³-hybridized carbons (Fsp3) is 0.750. The van der Waals surface area contributed by atoms with Crippen LogP contribution in [0.2, 0.25) is 0 Å². The van der Waals surface area contributed by atoms with Gasteiger partial charge in [0.15, 0.2) is 5.03 Å². The summed E-state index contributed by atoms with van der Waals surface area (Å²) in [6, 6.07) is 0.0639. The maximum Gasteiger partial charge on any atom is 0.260 e. The van der Waals surface area contributed by atoms with Gasteiger partial charge < -0.3 is 5.32 Å². The molecule has 0 saturated heterocycles. The third-order valence-electron chi connectivity index (χ3n) is 3.52. The normalized spacial score (nSPS) is 17.2. The third-order valence-corrected chi connectivity index (χ3v) is 5.01. The van der Waals surface area contributed by atoms with Crippen molar-refractivity contribution in [3.05, 3.63) is 11.3 Å². The average Bonchev–Trinajstić information content (AvgIpc) is 2.96. The minimum atomic E-state index is -3.52. The predicted octanol–water partition coefficient (Wildman–Crippen LogP) is 1.05. The third kappa shape index (κ3) is 3.34. The number of aryl methyl sites for hydroxylation is 1. The highest BCUT2D eigenvalue weighted by molar-refractivity contribution is 7.89. The molecule has 6 nitrogen and oxygen atoms in total. The molecule has 2 rings (SSSR count). The Morgan fingerprint density at radius 2 is 2.05 bits per heavy atom. The van der Waals surface area contributed by atoms with Crippen LogP contribution >= 0.6 is 0 Å². The molecule has 0 aliphatic heterocycles. The van der Waals surface area contributed by atoms with Crippen molar-refractivity contribution in [1.29, 1.82) is 0 Å². The molecular weight excluding hydrogens is 264 g/mol. The molecule has 19 heavy (non-hydrogen) atoms. The zero-order chi connectivity index (χ0) is 13.9. The zero-order valence-electron chi connectivity index (χ0n) is 11.5. The van der Waals surface area contributed by atoms with E-state index in [0.29, 0.717) is 6.54 Å². The fourth-order valence-electron chi connectivity index (χ4n) is 2.43. The average molecular weight is 286 g/mol. The van der Waals surface area contributed by atoms with Crippen LogP contribution < -0.4 is 10.0 Å². The molecule has 0 unspecified atom stereocenters. The molecule has 1 aromatic heterocycles. The Morgan fingerprint density at radius 1 is 1.37 bits per heavy atom. The van der Waals surface area contributed by atoms with Crippen LogP contribution in [0.5, 0.6) is 0 Å². The minimum absolute atomic E-state index is 0.0639.